The van der Waals surface area contributed by atoms with Gasteiger partial charge in [-0.15, -0.1) is 0 Å². The molecule has 0 saturated carbocycles. The van der Waals surface area contributed by atoms with E-state index in [1.807, 2.05) is 0 Å². The summed E-state index contributed by atoms with van der Waals surface area (Å²) >= 11 is 0. The molecule has 0 atom stereocenters. The van der Waals surface area contributed by atoms with Gasteiger partial charge in [-0.1, -0.05) is 6.07 Å². The number of hydrogen-bond acceptors (Lipinski definition) is 3. The molecule has 3 nitrogen and oxygen atoms in total. The number of nitrogens with zero attached hydrogens (tertiary/aromatic N) is 1. The molecule has 16 heavy (non-hydrogen) atoms. The van der Waals surface area contributed by atoms with Gasteiger partial charge in [0, 0.05) is 6.20 Å². The molecule has 0 fully saturated rings. The molecule has 4 heteroatoms. The summed E-state index contributed by atoms with van der Waals surface area (Å²) in [6, 6.07) is 10.2. The Morgan fingerprint density at radius 2 is 1.88 bits per heavy atom. The highest BCUT2D eigenvalue weighted by Crippen LogP contribution is 2.12. The van der Waals surface area contributed by atoms with Gasteiger partial charge in [-0.2, -0.15) is 0 Å². The molecule has 1 aromatic carbocycles. The third kappa shape index (κ3) is 2.42. The number of pyridine rings is 1. The van der Waals surface area contributed by atoms with E-state index in [1.54, 1.807) is 18.2 Å². The van der Waals surface area contributed by atoms with Crippen LogP contribution in [0.2, 0.25) is 0 Å². The van der Waals surface area contributed by atoms with Gasteiger partial charge in [0.05, 0.1) is 0 Å². The standard InChI is InChI=1S/C12H8FNO2/c13-9-4-6-10(7-5-9)16-12(15)11-3-1-2-8-14-11/h1-8H. The van der Waals surface area contributed by atoms with E-state index in [4.69, 9.17) is 4.74 Å². The van der Waals surface area contributed by atoms with Crippen LogP contribution in [0, 0.1) is 5.82 Å². The summed E-state index contributed by atoms with van der Waals surface area (Å²) in [6.45, 7) is 0. The summed E-state index contributed by atoms with van der Waals surface area (Å²) in [5.41, 5.74) is 0.215. The normalized spacial score (nSPS) is 9.81. The van der Waals surface area contributed by atoms with E-state index >= 15 is 0 Å². The van der Waals surface area contributed by atoms with E-state index in [0.29, 0.717) is 0 Å². The molecule has 0 saturated heterocycles. The number of hydrogen-bond donors (Lipinski definition) is 0. The highest BCUT2D eigenvalue weighted by atomic mass is 19.1. The summed E-state index contributed by atoms with van der Waals surface area (Å²) in [5, 5.41) is 0. The molecular formula is C12H8FNO2. The maximum atomic E-state index is 12.6. The van der Waals surface area contributed by atoms with Gasteiger partial charge >= 0.3 is 5.97 Å². The van der Waals surface area contributed by atoms with E-state index in [-0.39, 0.29) is 17.3 Å². The number of carbonyl (C=O) groups excluding carboxylic acids is 1. The predicted octanol–water partition coefficient (Wildman–Crippen LogP) is 2.44. The van der Waals surface area contributed by atoms with Crippen molar-refractivity contribution in [1.82, 2.24) is 4.98 Å². The molecule has 0 aliphatic rings. The van der Waals surface area contributed by atoms with Crippen LogP contribution in [0.3, 0.4) is 0 Å². The highest BCUT2D eigenvalue weighted by Gasteiger charge is 2.08. The Bertz CT molecular complexity index is 482. The minimum Gasteiger partial charge on any atom is -0.422 e. The second-order valence-corrected chi connectivity index (χ2v) is 3.06. The van der Waals surface area contributed by atoms with Crippen molar-refractivity contribution in [3.05, 3.63) is 60.2 Å². The molecule has 0 unspecified atom stereocenters. The molecule has 0 radical (unpaired) electrons. The van der Waals surface area contributed by atoms with Crippen molar-refractivity contribution in [3.8, 4) is 5.75 Å². The lowest BCUT2D eigenvalue weighted by atomic mass is 10.3. The van der Waals surface area contributed by atoms with Gasteiger partial charge in [-0.25, -0.2) is 14.2 Å². The van der Waals surface area contributed by atoms with Gasteiger partial charge in [0.25, 0.3) is 0 Å². The SMILES string of the molecule is O=C(Oc1ccc(F)cc1)c1ccccn1. The number of ether oxygens (including phenoxy) is 1. The first-order valence-corrected chi connectivity index (χ1v) is 4.64. The second-order valence-electron chi connectivity index (χ2n) is 3.06. The molecule has 0 spiro atoms. The van der Waals surface area contributed by atoms with Crippen molar-refractivity contribution in [2.75, 3.05) is 0 Å². The fourth-order valence-electron chi connectivity index (χ4n) is 1.15. The van der Waals surface area contributed by atoms with Gasteiger partial charge in [0.15, 0.2) is 0 Å². The molecule has 0 amide bonds. The maximum absolute atomic E-state index is 12.6. The van der Waals surface area contributed by atoms with Crippen molar-refractivity contribution in [2.45, 2.75) is 0 Å². The van der Waals surface area contributed by atoms with E-state index in [0.717, 1.165) is 0 Å². The highest BCUT2D eigenvalue weighted by molar-refractivity contribution is 5.88. The number of aromatic nitrogens is 1. The topological polar surface area (TPSA) is 39.2 Å². The average Bonchev–Trinajstić information content (AvgIpc) is 2.33. The second kappa shape index (κ2) is 4.53. The molecule has 80 valence electrons. The van der Waals surface area contributed by atoms with Crippen LogP contribution in [-0.2, 0) is 0 Å². The van der Waals surface area contributed by atoms with Crippen molar-refractivity contribution < 1.29 is 13.9 Å². The van der Waals surface area contributed by atoms with Gasteiger partial charge in [0.1, 0.15) is 17.3 Å². The molecule has 0 N–H and O–H groups in total. The first-order valence-electron chi connectivity index (χ1n) is 4.64. The molecule has 0 aliphatic carbocycles. The van der Waals surface area contributed by atoms with Gasteiger partial charge in [-0.05, 0) is 36.4 Å². The van der Waals surface area contributed by atoms with Crippen molar-refractivity contribution >= 4 is 5.97 Å². The zero-order chi connectivity index (χ0) is 11.4. The molecular weight excluding hydrogens is 209 g/mol. The minimum absolute atomic E-state index is 0.215. The van der Waals surface area contributed by atoms with Crippen LogP contribution in [-0.4, -0.2) is 11.0 Å². The lowest BCUT2D eigenvalue weighted by Gasteiger charge is -2.02. The van der Waals surface area contributed by atoms with Crippen molar-refractivity contribution in [2.24, 2.45) is 0 Å². The smallest absolute Gasteiger partial charge is 0.362 e. The van der Waals surface area contributed by atoms with Crippen LogP contribution in [0.4, 0.5) is 4.39 Å². The summed E-state index contributed by atoms with van der Waals surface area (Å²) in [7, 11) is 0. The summed E-state index contributed by atoms with van der Waals surface area (Å²) < 4.78 is 17.6. The Morgan fingerprint density at radius 1 is 1.12 bits per heavy atom. The third-order valence-electron chi connectivity index (χ3n) is 1.90. The number of carbonyl (C=O) groups is 1. The van der Waals surface area contributed by atoms with Crippen molar-refractivity contribution in [3.63, 3.8) is 0 Å². The largest absolute Gasteiger partial charge is 0.422 e. The van der Waals surface area contributed by atoms with Crippen LogP contribution in [0.15, 0.2) is 48.7 Å². The summed E-state index contributed by atoms with van der Waals surface area (Å²) in [5.74, 6) is -0.651. The number of halogens is 1. The van der Waals surface area contributed by atoms with Gasteiger partial charge < -0.3 is 4.74 Å². The Labute approximate surface area is 91.5 Å². The zero-order valence-corrected chi connectivity index (χ0v) is 8.26. The molecule has 1 aromatic heterocycles. The zero-order valence-electron chi connectivity index (χ0n) is 8.26. The predicted molar refractivity (Wildman–Crippen MR) is 55.6 cm³/mol. The van der Waals surface area contributed by atoms with Crippen LogP contribution in [0.1, 0.15) is 10.5 Å². The number of esters is 1. The van der Waals surface area contributed by atoms with E-state index in [2.05, 4.69) is 4.98 Å². The minimum atomic E-state index is -0.563. The summed E-state index contributed by atoms with van der Waals surface area (Å²) in [4.78, 5) is 15.4. The van der Waals surface area contributed by atoms with Crippen molar-refractivity contribution in [1.29, 1.82) is 0 Å². The molecule has 2 aromatic rings. The lowest BCUT2D eigenvalue weighted by Crippen LogP contribution is -2.09. The van der Waals surface area contributed by atoms with E-state index in [1.165, 1.54) is 30.5 Å². The van der Waals surface area contributed by atoms with Gasteiger partial charge in [-0.3, -0.25) is 0 Å². The Kier molecular flexibility index (Phi) is 2.91. The Morgan fingerprint density at radius 3 is 2.50 bits per heavy atom. The first-order chi connectivity index (χ1) is 7.75. The lowest BCUT2D eigenvalue weighted by molar-refractivity contribution is 0.0728. The Hall–Kier alpha value is -2.23. The quantitative estimate of drug-likeness (QED) is 0.573. The van der Waals surface area contributed by atoms with Gasteiger partial charge in [0.2, 0.25) is 0 Å². The van der Waals surface area contributed by atoms with Crippen LogP contribution >= 0.6 is 0 Å². The van der Waals surface area contributed by atoms with Crippen LogP contribution < -0.4 is 4.74 Å². The number of benzene rings is 1. The third-order valence-corrected chi connectivity index (χ3v) is 1.90. The summed E-state index contributed by atoms with van der Waals surface area (Å²) in [6.07, 6.45) is 1.50. The van der Waals surface area contributed by atoms with Crippen LogP contribution in [0.5, 0.6) is 5.75 Å². The fourth-order valence-corrected chi connectivity index (χ4v) is 1.15. The average molecular weight is 217 g/mol. The molecule has 0 bridgehead atoms. The molecule has 0 aliphatic heterocycles. The molecule has 1 heterocycles. The fraction of sp³-hybridized carbons (Fsp3) is 0. The molecule has 2 rings (SSSR count). The van der Waals surface area contributed by atoms with Crippen LogP contribution in [0.25, 0.3) is 0 Å². The maximum Gasteiger partial charge on any atom is 0.362 e. The first kappa shape index (κ1) is 10.3. The monoisotopic (exact) mass is 217 g/mol. The number of rotatable bonds is 2. The van der Waals surface area contributed by atoms with E-state index in [9.17, 15) is 9.18 Å². The Balaban J connectivity index is 2.11. The van der Waals surface area contributed by atoms with E-state index < -0.39 is 5.97 Å².